The number of benzene rings is 2. The molecule has 4 aromatic rings. The molecule has 0 saturated carbocycles. The van der Waals surface area contributed by atoms with Gasteiger partial charge < -0.3 is 19.2 Å². The van der Waals surface area contributed by atoms with E-state index in [1.165, 1.54) is 4.57 Å². The Bertz CT molecular complexity index is 1320. The van der Waals surface area contributed by atoms with Crippen LogP contribution in [0.5, 0.6) is 11.5 Å². The van der Waals surface area contributed by atoms with Crippen molar-refractivity contribution in [2.75, 3.05) is 13.2 Å². The molecule has 3 heterocycles. The van der Waals surface area contributed by atoms with Crippen LogP contribution in [0.15, 0.2) is 65.6 Å². The Morgan fingerprint density at radius 2 is 1.73 bits per heavy atom. The fraction of sp³-hybridized carbons (Fsp3) is 0.217. The summed E-state index contributed by atoms with van der Waals surface area (Å²) >= 11 is 0. The molecule has 152 valence electrons. The maximum atomic E-state index is 13.0. The van der Waals surface area contributed by atoms with Crippen molar-refractivity contribution in [2.45, 2.75) is 19.5 Å². The van der Waals surface area contributed by atoms with Crippen LogP contribution in [0.4, 0.5) is 0 Å². The topological polar surface area (TPSA) is 74.0 Å². The van der Waals surface area contributed by atoms with E-state index in [0.29, 0.717) is 35.7 Å². The van der Waals surface area contributed by atoms with Gasteiger partial charge in [-0.15, -0.1) is 0 Å². The summed E-state index contributed by atoms with van der Waals surface area (Å²) in [5, 5.41) is 2.98. The van der Waals surface area contributed by atoms with Crippen LogP contribution in [0.2, 0.25) is 0 Å². The molecule has 0 radical (unpaired) electrons. The third kappa shape index (κ3) is 3.08. The lowest BCUT2D eigenvalue weighted by atomic mass is 10.1. The number of amides is 1. The van der Waals surface area contributed by atoms with E-state index in [9.17, 15) is 9.59 Å². The van der Waals surface area contributed by atoms with Gasteiger partial charge in [0.05, 0.1) is 17.1 Å². The fourth-order valence-corrected chi connectivity index (χ4v) is 3.91. The van der Waals surface area contributed by atoms with E-state index < -0.39 is 0 Å². The predicted molar refractivity (Wildman–Crippen MR) is 113 cm³/mol. The van der Waals surface area contributed by atoms with Crippen LogP contribution in [0, 0.1) is 0 Å². The zero-order chi connectivity index (χ0) is 20.7. The van der Waals surface area contributed by atoms with E-state index in [1.807, 2.05) is 66.1 Å². The molecule has 0 aliphatic carbocycles. The van der Waals surface area contributed by atoms with Gasteiger partial charge in [0.1, 0.15) is 25.3 Å². The van der Waals surface area contributed by atoms with E-state index in [-0.39, 0.29) is 24.1 Å². The molecule has 7 heteroatoms. The van der Waals surface area contributed by atoms with Gasteiger partial charge in [0.25, 0.3) is 5.56 Å². The molecule has 1 aliphatic heterocycles. The Morgan fingerprint density at radius 3 is 2.57 bits per heavy atom. The Balaban J connectivity index is 1.42. The molecule has 30 heavy (non-hydrogen) atoms. The molecule has 2 aromatic heterocycles. The lowest BCUT2D eigenvalue weighted by Gasteiger charge is -2.21. The molecule has 1 amide bonds. The van der Waals surface area contributed by atoms with Gasteiger partial charge in [-0.2, -0.15) is 0 Å². The Hall–Kier alpha value is -3.74. The van der Waals surface area contributed by atoms with Crippen molar-refractivity contribution in [1.82, 2.24) is 14.3 Å². The summed E-state index contributed by atoms with van der Waals surface area (Å²) in [7, 11) is 0. The molecule has 0 unspecified atom stereocenters. The molecular formula is C23H21N3O4. The zero-order valence-electron chi connectivity index (χ0n) is 16.5. The van der Waals surface area contributed by atoms with E-state index in [0.717, 1.165) is 11.1 Å². The van der Waals surface area contributed by atoms with Crippen molar-refractivity contribution >= 4 is 22.5 Å². The number of rotatable bonds is 4. The van der Waals surface area contributed by atoms with Crippen molar-refractivity contribution in [1.29, 1.82) is 0 Å². The highest BCUT2D eigenvalue weighted by Gasteiger charge is 2.17. The third-order valence-corrected chi connectivity index (χ3v) is 5.39. The quantitative estimate of drug-likeness (QED) is 0.569. The third-order valence-electron chi connectivity index (χ3n) is 5.39. The highest BCUT2D eigenvalue weighted by molar-refractivity contribution is 5.82. The molecule has 1 N–H and O–H groups in total. The number of ether oxygens (including phenoxy) is 2. The number of hydrogen-bond acceptors (Lipinski definition) is 4. The van der Waals surface area contributed by atoms with Gasteiger partial charge in [0.2, 0.25) is 5.91 Å². The van der Waals surface area contributed by atoms with Crippen LogP contribution in [-0.2, 0) is 11.3 Å². The van der Waals surface area contributed by atoms with Gasteiger partial charge in [-0.3, -0.25) is 14.2 Å². The van der Waals surface area contributed by atoms with Gasteiger partial charge >= 0.3 is 0 Å². The van der Waals surface area contributed by atoms with Crippen LogP contribution in [0.1, 0.15) is 18.5 Å². The molecule has 0 fully saturated rings. The first-order chi connectivity index (χ1) is 14.6. The lowest BCUT2D eigenvalue weighted by Crippen LogP contribution is -2.34. The SMILES string of the molecule is C[C@H](NC(=O)Cn1c(=O)c2cccn2c2ccccc21)c1ccc2c(c1)OCCO2. The summed E-state index contributed by atoms with van der Waals surface area (Å²) < 4.78 is 14.6. The van der Waals surface area contributed by atoms with Crippen LogP contribution in [0.25, 0.3) is 16.6 Å². The minimum absolute atomic E-state index is 0.0596. The normalized spacial score (nSPS) is 14.0. The highest BCUT2D eigenvalue weighted by Crippen LogP contribution is 2.32. The smallest absolute Gasteiger partial charge is 0.275 e. The fourth-order valence-electron chi connectivity index (χ4n) is 3.91. The second-order valence-corrected chi connectivity index (χ2v) is 7.34. The minimum Gasteiger partial charge on any atom is -0.486 e. The van der Waals surface area contributed by atoms with Gasteiger partial charge in [0.15, 0.2) is 11.5 Å². The first-order valence-electron chi connectivity index (χ1n) is 9.89. The molecule has 2 aromatic carbocycles. The van der Waals surface area contributed by atoms with Crippen molar-refractivity contribution in [3.8, 4) is 11.5 Å². The Morgan fingerprint density at radius 1 is 1.00 bits per heavy atom. The molecule has 1 atom stereocenters. The zero-order valence-corrected chi connectivity index (χ0v) is 16.5. The van der Waals surface area contributed by atoms with Gasteiger partial charge in [0, 0.05) is 6.20 Å². The number of aromatic nitrogens is 2. The standard InChI is InChI=1S/C23H21N3O4/c1-15(16-8-9-20-21(13-16)30-12-11-29-20)24-22(27)14-26-18-6-3-2-5-17(18)25-10-4-7-19(25)23(26)28/h2-10,13,15H,11-12,14H2,1H3,(H,24,27)/t15-/m0/s1. The van der Waals surface area contributed by atoms with Crippen LogP contribution >= 0.6 is 0 Å². The summed E-state index contributed by atoms with van der Waals surface area (Å²) in [6, 6.07) is 16.6. The van der Waals surface area contributed by atoms with Gasteiger partial charge in [-0.05, 0) is 48.9 Å². The summed E-state index contributed by atoms with van der Waals surface area (Å²) in [5.74, 6) is 1.16. The largest absolute Gasteiger partial charge is 0.486 e. The number of nitrogens with one attached hydrogen (secondary N) is 1. The second-order valence-electron chi connectivity index (χ2n) is 7.34. The molecule has 0 bridgehead atoms. The molecule has 1 aliphatic rings. The number of carbonyl (C=O) groups excluding carboxylic acids is 1. The number of carbonyl (C=O) groups is 1. The maximum Gasteiger partial charge on any atom is 0.275 e. The highest BCUT2D eigenvalue weighted by atomic mass is 16.6. The maximum absolute atomic E-state index is 13.0. The summed E-state index contributed by atoms with van der Waals surface area (Å²) in [6.07, 6.45) is 1.85. The monoisotopic (exact) mass is 403 g/mol. The summed E-state index contributed by atoms with van der Waals surface area (Å²) in [5.41, 5.74) is 2.85. The van der Waals surface area contributed by atoms with E-state index in [2.05, 4.69) is 5.32 Å². The van der Waals surface area contributed by atoms with Crippen LogP contribution in [0.3, 0.4) is 0 Å². The molecule has 5 rings (SSSR count). The number of fused-ring (bicyclic) bond motifs is 4. The molecule has 0 spiro atoms. The Labute approximate surface area is 172 Å². The van der Waals surface area contributed by atoms with Crippen molar-refractivity contribution < 1.29 is 14.3 Å². The molecular weight excluding hydrogens is 382 g/mol. The average Bonchev–Trinajstić information content (AvgIpc) is 3.27. The van der Waals surface area contributed by atoms with Gasteiger partial charge in [-0.1, -0.05) is 18.2 Å². The first kappa shape index (κ1) is 18.3. The second kappa shape index (κ2) is 7.26. The van der Waals surface area contributed by atoms with E-state index >= 15 is 0 Å². The van der Waals surface area contributed by atoms with Crippen molar-refractivity contribution in [3.63, 3.8) is 0 Å². The predicted octanol–water partition coefficient (Wildman–Crippen LogP) is 2.90. The first-order valence-corrected chi connectivity index (χ1v) is 9.89. The van der Waals surface area contributed by atoms with Crippen LogP contribution < -0.4 is 20.3 Å². The Kier molecular flexibility index (Phi) is 4.43. The average molecular weight is 403 g/mol. The summed E-state index contributed by atoms with van der Waals surface area (Å²) in [6.45, 7) is 2.89. The van der Waals surface area contributed by atoms with E-state index in [4.69, 9.17) is 9.47 Å². The van der Waals surface area contributed by atoms with Crippen molar-refractivity contribution in [3.05, 3.63) is 76.7 Å². The molecule has 7 nitrogen and oxygen atoms in total. The number of nitrogens with zero attached hydrogens (tertiary/aromatic N) is 2. The summed E-state index contributed by atoms with van der Waals surface area (Å²) in [4.78, 5) is 25.8. The molecule has 0 saturated heterocycles. The minimum atomic E-state index is -0.243. The lowest BCUT2D eigenvalue weighted by molar-refractivity contribution is -0.122. The number of para-hydroxylation sites is 2. The van der Waals surface area contributed by atoms with E-state index in [1.54, 1.807) is 6.07 Å². The van der Waals surface area contributed by atoms with Gasteiger partial charge in [-0.25, -0.2) is 0 Å². The van der Waals surface area contributed by atoms with Crippen molar-refractivity contribution in [2.24, 2.45) is 0 Å². The number of hydrogen-bond donors (Lipinski definition) is 1. The van der Waals surface area contributed by atoms with Crippen LogP contribution in [-0.4, -0.2) is 28.1 Å².